The van der Waals surface area contributed by atoms with Crippen LogP contribution in [0, 0.1) is 0 Å². The van der Waals surface area contributed by atoms with Gasteiger partial charge in [-0.15, -0.1) is 24.0 Å². The number of hydrogen-bond donors (Lipinski definition) is 2. The van der Waals surface area contributed by atoms with E-state index in [1.165, 1.54) is 13.2 Å². The predicted octanol–water partition coefficient (Wildman–Crippen LogP) is 4.18. The number of hydrogen-bond acceptors (Lipinski definition) is 4. The molecule has 0 spiro atoms. The first-order chi connectivity index (χ1) is 13.5. The number of alkyl halides is 2. The molecule has 0 unspecified atom stereocenters. The predicted molar refractivity (Wildman–Crippen MR) is 120 cm³/mol. The van der Waals surface area contributed by atoms with Crippen LogP contribution in [0.3, 0.4) is 0 Å². The SMILES string of the molecule is CCNC(=NCc1ccc(OC)cc1)NCc1cc(OC)ccc1OC(F)F.I. The number of ether oxygens (including phenoxy) is 3. The summed E-state index contributed by atoms with van der Waals surface area (Å²) in [6.07, 6.45) is 0. The third-order valence-corrected chi connectivity index (χ3v) is 3.85. The van der Waals surface area contributed by atoms with Crippen LogP contribution in [0.5, 0.6) is 17.2 Å². The number of nitrogens with zero attached hydrogens (tertiary/aromatic N) is 1. The second kappa shape index (κ2) is 13.0. The van der Waals surface area contributed by atoms with Crippen LogP contribution >= 0.6 is 24.0 Å². The van der Waals surface area contributed by atoms with E-state index >= 15 is 0 Å². The molecule has 2 rings (SSSR count). The Hall–Kier alpha value is -2.30. The second-order valence-electron chi connectivity index (χ2n) is 5.75. The van der Waals surface area contributed by atoms with Gasteiger partial charge in [0.05, 0.1) is 20.8 Å². The minimum atomic E-state index is -2.90. The normalized spacial score (nSPS) is 10.9. The zero-order valence-corrected chi connectivity index (χ0v) is 18.9. The molecule has 0 saturated carbocycles. The lowest BCUT2D eigenvalue weighted by Gasteiger charge is -2.15. The van der Waals surface area contributed by atoms with Gasteiger partial charge in [-0.05, 0) is 42.8 Å². The lowest BCUT2D eigenvalue weighted by Crippen LogP contribution is -2.36. The third kappa shape index (κ3) is 8.30. The highest BCUT2D eigenvalue weighted by Gasteiger charge is 2.11. The second-order valence-corrected chi connectivity index (χ2v) is 5.75. The number of guanidine groups is 1. The molecule has 0 aliphatic carbocycles. The third-order valence-electron chi connectivity index (χ3n) is 3.85. The summed E-state index contributed by atoms with van der Waals surface area (Å²) in [5, 5.41) is 6.26. The number of methoxy groups -OCH3 is 2. The molecule has 2 N–H and O–H groups in total. The monoisotopic (exact) mass is 521 g/mol. The maximum atomic E-state index is 12.6. The van der Waals surface area contributed by atoms with E-state index in [-0.39, 0.29) is 36.3 Å². The Kier molecular flexibility index (Phi) is 11.1. The molecule has 0 heterocycles. The number of nitrogens with one attached hydrogen (secondary N) is 2. The molecule has 0 fully saturated rings. The van der Waals surface area contributed by atoms with Crippen LogP contribution in [0.2, 0.25) is 0 Å². The number of benzene rings is 2. The maximum Gasteiger partial charge on any atom is 0.387 e. The van der Waals surface area contributed by atoms with Crippen LogP contribution in [0.25, 0.3) is 0 Å². The van der Waals surface area contributed by atoms with E-state index in [4.69, 9.17) is 9.47 Å². The van der Waals surface area contributed by atoms with Crippen molar-refractivity contribution in [3.05, 3.63) is 53.6 Å². The number of halogens is 3. The van der Waals surface area contributed by atoms with Crippen LogP contribution in [0.4, 0.5) is 8.78 Å². The van der Waals surface area contributed by atoms with E-state index < -0.39 is 6.61 Å². The van der Waals surface area contributed by atoms with Gasteiger partial charge in [0.2, 0.25) is 0 Å². The first-order valence-electron chi connectivity index (χ1n) is 8.82. The molecule has 0 saturated heterocycles. The van der Waals surface area contributed by atoms with Gasteiger partial charge in [0.1, 0.15) is 17.2 Å². The summed E-state index contributed by atoms with van der Waals surface area (Å²) < 4.78 is 40.2. The first-order valence-corrected chi connectivity index (χ1v) is 8.82. The summed E-state index contributed by atoms with van der Waals surface area (Å²) >= 11 is 0. The zero-order valence-electron chi connectivity index (χ0n) is 16.6. The lowest BCUT2D eigenvalue weighted by atomic mass is 10.2. The zero-order chi connectivity index (χ0) is 20.4. The van der Waals surface area contributed by atoms with Gasteiger partial charge in [-0.3, -0.25) is 0 Å². The molecule has 0 atom stereocenters. The van der Waals surface area contributed by atoms with Crippen molar-refractivity contribution in [3.63, 3.8) is 0 Å². The minimum absolute atomic E-state index is 0. The van der Waals surface area contributed by atoms with Gasteiger partial charge in [0.25, 0.3) is 0 Å². The smallest absolute Gasteiger partial charge is 0.387 e. The molecule has 160 valence electrons. The molecule has 2 aromatic rings. The Morgan fingerprint density at radius 1 is 1.00 bits per heavy atom. The highest BCUT2D eigenvalue weighted by atomic mass is 127. The standard InChI is InChI=1S/C20H25F2N3O3.HI/c1-4-23-20(24-12-14-5-7-16(26-2)8-6-14)25-13-15-11-17(27-3)9-10-18(15)28-19(21)22;/h5-11,19H,4,12-13H2,1-3H3,(H2,23,24,25);1H. The largest absolute Gasteiger partial charge is 0.497 e. The molecule has 0 bridgehead atoms. The van der Waals surface area contributed by atoms with E-state index in [9.17, 15) is 8.78 Å². The molecule has 0 aliphatic rings. The molecule has 0 radical (unpaired) electrons. The van der Waals surface area contributed by atoms with Crippen LogP contribution in [-0.4, -0.2) is 33.3 Å². The van der Waals surface area contributed by atoms with Crippen molar-refractivity contribution in [2.45, 2.75) is 26.6 Å². The Morgan fingerprint density at radius 3 is 2.24 bits per heavy atom. The van der Waals surface area contributed by atoms with E-state index in [2.05, 4.69) is 20.4 Å². The lowest BCUT2D eigenvalue weighted by molar-refractivity contribution is -0.0504. The van der Waals surface area contributed by atoms with Gasteiger partial charge in [-0.2, -0.15) is 8.78 Å². The van der Waals surface area contributed by atoms with Crippen molar-refractivity contribution in [2.75, 3.05) is 20.8 Å². The van der Waals surface area contributed by atoms with Crippen LogP contribution in [0.15, 0.2) is 47.5 Å². The Morgan fingerprint density at radius 2 is 1.66 bits per heavy atom. The van der Waals surface area contributed by atoms with E-state index in [0.29, 0.717) is 30.4 Å². The molecular formula is C20H26F2IN3O3. The van der Waals surface area contributed by atoms with Crippen molar-refractivity contribution in [1.29, 1.82) is 0 Å². The molecule has 0 aromatic heterocycles. The number of aliphatic imine (C=N–C) groups is 1. The van der Waals surface area contributed by atoms with Gasteiger partial charge in [0.15, 0.2) is 5.96 Å². The summed E-state index contributed by atoms with van der Waals surface area (Å²) in [5.74, 6) is 1.99. The van der Waals surface area contributed by atoms with Crippen molar-refractivity contribution in [2.24, 2.45) is 4.99 Å². The number of rotatable bonds is 9. The first kappa shape index (κ1) is 24.7. The maximum absolute atomic E-state index is 12.6. The highest BCUT2D eigenvalue weighted by molar-refractivity contribution is 14.0. The summed E-state index contributed by atoms with van der Waals surface area (Å²) in [7, 11) is 3.13. The van der Waals surface area contributed by atoms with Crippen molar-refractivity contribution in [1.82, 2.24) is 10.6 Å². The van der Waals surface area contributed by atoms with Crippen molar-refractivity contribution >= 4 is 29.9 Å². The fourth-order valence-corrected chi connectivity index (χ4v) is 2.45. The van der Waals surface area contributed by atoms with Gasteiger partial charge in [-0.1, -0.05) is 12.1 Å². The molecule has 0 amide bonds. The van der Waals surface area contributed by atoms with Crippen molar-refractivity contribution in [3.8, 4) is 17.2 Å². The van der Waals surface area contributed by atoms with Gasteiger partial charge in [0, 0.05) is 18.7 Å². The summed E-state index contributed by atoms with van der Waals surface area (Å²) in [6, 6.07) is 12.3. The molecule has 6 nitrogen and oxygen atoms in total. The average Bonchev–Trinajstić information content (AvgIpc) is 2.71. The van der Waals surface area contributed by atoms with Crippen LogP contribution in [0.1, 0.15) is 18.1 Å². The topological polar surface area (TPSA) is 64.1 Å². The minimum Gasteiger partial charge on any atom is -0.497 e. The van der Waals surface area contributed by atoms with E-state index in [0.717, 1.165) is 11.3 Å². The van der Waals surface area contributed by atoms with Gasteiger partial charge < -0.3 is 24.8 Å². The van der Waals surface area contributed by atoms with Crippen LogP contribution in [-0.2, 0) is 13.1 Å². The molecular weight excluding hydrogens is 495 g/mol. The molecule has 0 aliphatic heterocycles. The van der Waals surface area contributed by atoms with E-state index in [1.807, 2.05) is 31.2 Å². The summed E-state index contributed by atoms with van der Waals surface area (Å²) in [6.45, 7) is 0.407. The fourth-order valence-electron chi connectivity index (χ4n) is 2.45. The van der Waals surface area contributed by atoms with E-state index in [1.54, 1.807) is 19.2 Å². The Labute approximate surface area is 186 Å². The quantitative estimate of drug-likeness (QED) is 0.295. The Balaban J connectivity index is 0.00000420. The van der Waals surface area contributed by atoms with Crippen molar-refractivity contribution < 1.29 is 23.0 Å². The highest BCUT2D eigenvalue weighted by Crippen LogP contribution is 2.25. The average molecular weight is 521 g/mol. The summed E-state index contributed by atoms with van der Waals surface area (Å²) in [4.78, 5) is 4.52. The molecule has 2 aromatic carbocycles. The molecule has 29 heavy (non-hydrogen) atoms. The van der Waals surface area contributed by atoms with Gasteiger partial charge >= 0.3 is 6.61 Å². The Bertz CT molecular complexity index is 774. The fraction of sp³-hybridized carbons (Fsp3) is 0.350. The van der Waals surface area contributed by atoms with Gasteiger partial charge in [-0.25, -0.2) is 4.99 Å². The van der Waals surface area contributed by atoms with Crippen LogP contribution < -0.4 is 24.8 Å². The summed E-state index contributed by atoms with van der Waals surface area (Å²) in [5.41, 5.74) is 1.55. The molecule has 9 heteroatoms.